The molecule has 0 aliphatic heterocycles. The van der Waals surface area contributed by atoms with Crippen molar-refractivity contribution < 1.29 is 9.90 Å². The van der Waals surface area contributed by atoms with E-state index in [4.69, 9.17) is 0 Å². The average Bonchev–Trinajstić information content (AvgIpc) is 2.75. The van der Waals surface area contributed by atoms with Crippen LogP contribution in [0.1, 0.15) is 67.9 Å². The summed E-state index contributed by atoms with van der Waals surface area (Å²) in [5.41, 5.74) is 5.09. The van der Waals surface area contributed by atoms with Crippen molar-refractivity contribution in [2.24, 2.45) is 5.10 Å². The van der Waals surface area contributed by atoms with Gasteiger partial charge in [0.1, 0.15) is 5.75 Å². The van der Waals surface area contributed by atoms with Gasteiger partial charge < -0.3 is 5.11 Å². The molecule has 0 fully saturated rings. The second kappa shape index (κ2) is 12.0. The Morgan fingerprint density at radius 3 is 2.38 bits per heavy atom. The third kappa shape index (κ3) is 6.98. The van der Waals surface area contributed by atoms with Crippen LogP contribution in [0.3, 0.4) is 0 Å². The molecule has 0 aliphatic carbocycles. The van der Waals surface area contributed by atoms with Gasteiger partial charge in [0.15, 0.2) is 0 Å². The molecule has 0 radical (unpaired) electrons. The summed E-state index contributed by atoms with van der Waals surface area (Å²) in [7, 11) is 0. The van der Waals surface area contributed by atoms with Gasteiger partial charge in [-0.15, -0.1) is 0 Å². The van der Waals surface area contributed by atoms with E-state index in [0.717, 1.165) is 44.3 Å². The lowest BCUT2D eigenvalue weighted by Gasteiger charge is -2.23. The summed E-state index contributed by atoms with van der Waals surface area (Å²) in [6, 6.07) is 8.94. The number of rotatable bonds is 11. The molecule has 0 atom stereocenters. The number of hydrazone groups is 1. The summed E-state index contributed by atoms with van der Waals surface area (Å²) < 4.78 is 0. The summed E-state index contributed by atoms with van der Waals surface area (Å²) >= 11 is 0. The van der Waals surface area contributed by atoms with E-state index in [1.165, 1.54) is 0 Å². The predicted molar refractivity (Wildman–Crippen MR) is 117 cm³/mol. The van der Waals surface area contributed by atoms with E-state index in [2.05, 4.69) is 34.3 Å². The van der Waals surface area contributed by atoms with Crippen molar-refractivity contribution in [3.8, 4) is 5.75 Å². The Balaban J connectivity index is 2.12. The predicted octanol–water partition coefficient (Wildman–Crippen LogP) is 4.34. The molecule has 1 aromatic heterocycles. The zero-order valence-electron chi connectivity index (χ0n) is 17.7. The maximum Gasteiger partial charge on any atom is 0.271 e. The first kappa shape index (κ1) is 22.6. The van der Waals surface area contributed by atoms with Gasteiger partial charge in [0.2, 0.25) is 0 Å². The van der Waals surface area contributed by atoms with Gasteiger partial charge in [0, 0.05) is 35.6 Å². The van der Waals surface area contributed by atoms with Crippen molar-refractivity contribution in [1.82, 2.24) is 15.3 Å². The van der Waals surface area contributed by atoms with E-state index >= 15 is 0 Å². The van der Waals surface area contributed by atoms with Gasteiger partial charge in [-0.1, -0.05) is 38.8 Å². The second-order valence-electron chi connectivity index (χ2n) is 7.17. The van der Waals surface area contributed by atoms with Crippen LogP contribution in [-0.2, 0) is 6.54 Å². The van der Waals surface area contributed by atoms with Crippen molar-refractivity contribution in [3.63, 3.8) is 0 Å². The lowest BCUT2D eigenvalue weighted by atomic mass is 10.0. The molecule has 2 aromatic rings. The molecule has 1 amide bonds. The molecule has 0 saturated heterocycles. The van der Waals surface area contributed by atoms with E-state index in [0.29, 0.717) is 23.4 Å². The number of nitrogens with one attached hydrogen (secondary N) is 1. The largest absolute Gasteiger partial charge is 0.507 e. The zero-order valence-corrected chi connectivity index (χ0v) is 17.7. The monoisotopic (exact) mass is 396 g/mol. The minimum absolute atomic E-state index is 0.227. The zero-order chi connectivity index (χ0) is 21.1. The number of pyridine rings is 1. The van der Waals surface area contributed by atoms with Gasteiger partial charge in [-0.25, -0.2) is 5.43 Å². The normalized spacial score (nSPS) is 11.7. The number of aromatic hydroxyl groups is 1. The summed E-state index contributed by atoms with van der Waals surface area (Å²) in [6.45, 7) is 8.91. The average molecular weight is 397 g/mol. The first-order valence-corrected chi connectivity index (χ1v) is 10.3. The second-order valence-corrected chi connectivity index (χ2v) is 7.17. The quantitative estimate of drug-likeness (QED) is 0.437. The highest BCUT2D eigenvalue weighted by Gasteiger charge is 2.13. The fraction of sp³-hybridized carbons (Fsp3) is 0.435. The Kier molecular flexibility index (Phi) is 9.31. The first-order chi connectivity index (χ1) is 14.1. The summed E-state index contributed by atoms with van der Waals surface area (Å²) in [6.07, 6.45) is 7.71. The molecule has 0 bridgehead atoms. The van der Waals surface area contributed by atoms with Crippen molar-refractivity contribution in [3.05, 3.63) is 59.4 Å². The van der Waals surface area contributed by atoms with E-state index in [1.807, 2.05) is 18.2 Å². The Bertz CT molecular complexity index is 798. The molecule has 6 nitrogen and oxygen atoms in total. The number of unbranched alkanes of at least 4 members (excludes halogenated alkanes) is 2. The van der Waals surface area contributed by atoms with E-state index in [1.54, 1.807) is 31.5 Å². The number of amides is 1. The number of nitrogens with zero attached hydrogens (tertiary/aromatic N) is 3. The van der Waals surface area contributed by atoms with Crippen LogP contribution in [0.5, 0.6) is 5.75 Å². The van der Waals surface area contributed by atoms with Crippen LogP contribution in [0.4, 0.5) is 0 Å². The number of benzene rings is 1. The molecular weight excluding hydrogens is 364 g/mol. The standard InChI is InChI=1S/C23H32N4O2/c1-4-6-15-27(16-7-5-2)17-20-9-8-10-21(22(20)28)18(3)25-26-23(29)19-11-13-24-14-12-19/h8-14,28H,4-7,15-17H2,1-3H3,(H,26,29)/b25-18+. The number of para-hydroxylation sites is 1. The van der Waals surface area contributed by atoms with E-state index in [-0.39, 0.29) is 11.7 Å². The molecule has 6 heteroatoms. The van der Waals surface area contributed by atoms with Crippen molar-refractivity contribution >= 4 is 11.6 Å². The van der Waals surface area contributed by atoms with Crippen LogP contribution in [0.2, 0.25) is 0 Å². The number of aromatic nitrogens is 1. The highest BCUT2D eigenvalue weighted by Crippen LogP contribution is 2.25. The number of phenols is 1. The molecule has 2 N–H and O–H groups in total. The maximum absolute atomic E-state index is 12.2. The third-order valence-corrected chi connectivity index (χ3v) is 4.83. The van der Waals surface area contributed by atoms with Gasteiger partial charge in [-0.3, -0.25) is 14.7 Å². The van der Waals surface area contributed by atoms with Gasteiger partial charge in [0.05, 0.1) is 5.71 Å². The molecule has 29 heavy (non-hydrogen) atoms. The SMILES string of the molecule is CCCCN(CCCC)Cc1cccc(/C(C)=N/NC(=O)c2ccncc2)c1O. The van der Waals surface area contributed by atoms with Crippen LogP contribution in [-0.4, -0.2) is 39.7 Å². The highest BCUT2D eigenvalue weighted by atomic mass is 16.3. The summed E-state index contributed by atoms with van der Waals surface area (Å²) in [5.74, 6) is -0.0855. The minimum atomic E-state index is -0.312. The third-order valence-electron chi connectivity index (χ3n) is 4.83. The number of carbonyl (C=O) groups excluding carboxylic acids is 1. The molecule has 156 valence electrons. The fourth-order valence-electron chi connectivity index (χ4n) is 3.05. The smallest absolute Gasteiger partial charge is 0.271 e. The summed E-state index contributed by atoms with van der Waals surface area (Å²) in [5, 5.41) is 15.0. The molecule has 2 rings (SSSR count). The van der Waals surface area contributed by atoms with Gasteiger partial charge in [0.25, 0.3) is 5.91 Å². The maximum atomic E-state index is 12.2. The molecule has 0 aliphatic rings. The number of hydrogen-bond acceptors (Lipinski definition) is 5. The highest BCUT2D eigenvalue weighted by molar-refractivity contribution is 6.02. The van der Waals surface area contributed by atoms with E-state index < -0.39 is 0 Å². The van der Waals surface area contributed by atoms with Gasteiger partial charge in [-0.2, -0.15) is 5.10 Å². The lowest BCUT2D eigenvalue weighted by molar-refractivity contribution is 0.0954. The number of phenolic OH excluding ortho intramolecular Hbond substituents is 1. The Labute approximate surface area is 173 Å². The van der Waals surface area contributed by atoms with Crippen LogP contribution in [0, 0.1) is 0 Å². The van der Waals surface area contributed by atoms with E-state index in [9.17, 15) is 9.90 Å². The van der Waals surface area contributed by atoms with Crippen LogP contribution in [0.25, 0.3) is 0 Å². The topological polar surface area (TPSA) is 77.8 Å². The Morgan fingerprint density at radius 1 is 1.10 bits per heavy atom. The van der Waals surface area contributed by atoms with Crippen molar-refractivity contribution in [1.29, 1.82) is 0 Å². The summed E-state index contributed by atoms with van der Waals surface area (Å²) in [4.78, 5) is 18.5. The Morgan fingerprint density at radius 2 is 1.76 bits per heavy atom. The van der Waals surface area contributed by atoms with Crippen molar-refractivity contribution in [2.45, 2.75) is 53.0 Å². The van der Waals surface area contributed by atoms with Gasteiger partial charge >= 0.3 is 0 Å². The molecular formula is C23H32N4O2. The molecule has 0 spiro atoms. The number of hydrogen-bond donors (Lipinski definition) is 2. The fourth-order valence-corrected chi connectivity index (χ4v) is 3.05. The van der Waals surface area contributed by atoms with Crippen LogP contribution >= 0.6 is 0 Å². The van der Waals surface area contributed by atoms with Crippen molar-refractivity contribution in [2.75, 3.05) is 13.1 Å². The van der Waals surface area contributed by atoms with Gasteiger partial charge in [-0.05, 0) is 51.1 Å². The molecule has 1 heterocycles. The molecule has 1 aromatic carbocycles. The number of carbonyl (C=O) groups is 1. The lowest BCUT2D eigenvalue weighted by Crippen LogP contribution is -2.25. The minimum Gasteiger partial charge on any atom is -0.507 e. The molecule has 0 unspecified atom stereocenters. The van der Waals surface area contributed by atoms with Crippen LogP contribution < -0.4 is 5.43 Å². The van der Waals surface area contributed by atoms with Crippen LogP contribution in [0.15, 0.2) is 47.8 Å². The Hall–Kier alpha value is -2.73. The first-order valence-electron chi connectivity index (χ1n) is 10.3. The molecule has 0 saturated carbocycles.